The van der Waals surface area contributed by atoms with Crippen LogP contribution in [-0.2, 0) is 0 Å². The van der Waals surface area contributed by atoms with E-state index in [1.807, 2.05) is 18.2 Å². The summed E-state index contributed by atoms with van der Waals surface area (Å²) in [6.45, 7) is 0. The van der Waals surface area contributed by atoms with Crippen LogP contribution < -0.4 is 0 Å². The molecule has 3 aromatic heterocycles. The van der Waals surface area contributed by atoms with Crippen molar-refractivity contribution < 1.29 is 0 Å². The quantitative estimate of drug-likeness (QED) is 0.172. The van der Waals surface area contributed by atoms with Crippen molar-refractivity contribution in [3.63, 3.8) is 0 Å². The van der Waals surface area contributed by atoms with Crippen LogP contribution in [0.5, 0.6) is 0 Å². The van der Waals surface area contributed by atoms with E-state index in [1.54, 1.807) is 0 Å². The van der Waals surface area contributed by atoms with Crippen LogP contribution in [0.1, 0.15) is 0 Å². The summed E-state index contributed by atoms with van der Waals surface area (Å²) >= 11 is 0. The normalized spacial score (nSPS) is 11.6. The van der Waals surface area contributed by atoms with Gasteiger partial charge in [-0.15, -0.1) is 0 Å². The molecule has 0 bridgehead atoms. The van der Waals surface area contributed by atoms with Crippen molar-refractivity contribution in [1.29, 1.82) is 0 Å². The minimum absolute atomic E-state index is 0.567. The maximum atomic E-state index is 5.36. The molecule has 0 amide bonds. The molecule has 8 aromatic carbocycles. The van der Waals surface area contributed by atoms with E-state index in [1.165, 1.54) is 33.0 Å². The van der Waals surface area contributed by atoms with Crippen LogP contribution in [0.4, 0.5) is 0 Å². The molecule has 0 radical (unpaired) electrons. The van der Waals surface area contributed by atoms with E-state index in [0.29, 0.717) is 17.6 Å². The van der Waals surface area contributed by atoms with Crippen molar-refractivity contribution in [2.24, 2.45) is 0 Å². The maximum Gasteiger partial charge on any atom is 0.238 e. The number of fused-ring (bicyclic) bond motifs is 6. The van der Waals surface area contributed by atoms with Gasteiger partial charge in [-0.05, 0) is 70.8 Å². The standard InChI is InChI=1S/C51H33N5/c1-4-16-34(17-5-1)37-28-30-47-42(32-37)39-22-10-13-25-44(39)55(47)46-27-15-12-24-41(46)50-52-49(36-20-8-3-9-21-36)53-51(54-50)56-45-26-14-11-23-40(45)43-33-38(29-31-48(43)56)35-18-6-2-7-19-35/h1-33H. The molecule has 0 unspecified atom stereocenters. The maximum absolute atomic E-state index is 5.36. The summed E-state index contributed by atoms with van der Waals surface area (Å²) in [4.78, 5) is 15.8. The summed E-state index contributed by atoms with van der Waals surface area (Å²) in [5, 5.41) is 4.67. The van der Waals surface area contributed by atoms with E-state index >= 15 is 0 Å². The van der Waals surface area contributed by atoms with Gasteiger partial charge in [0.2, 0.25) is 5.95 Å². The zero-order valence-electron chi connectivity index (χ0n) is 30.3. The van der Waals surface area contributed by atoms with Crippen LogP contribution in [0.2, 0.25) is 0 Å². The molecule has 3 heterocycles. The monoisotopic (exact) mass is 715 g/mol. The van der Waals surface area contributed by atoms with Gasteiger partial charge in [-0.25, -0.2) is 4.98 Å². The minimum atomic E-state index is 0.567. The van der Waals surface area contributed by atoms with Gasteiger partial charge in [0.25, 0.3) is 0 Å². The number of para-hydroxylation sites is 3. The predicted octanol–water partition coefficient (Wildman–Crippen LogP) is 12.7. The largest absolute Gasteiger partial charge is 0.309 e. The molecule has 11 aromatic rings. The molecule has 5 heteroatoms. The molecule has 0 spiro atoms. The highest BCUT2D eigenvalue weighted by molar-refractivity contribution is 6.12. The summed E-state index contributed by atoms with van der Waals surface area (Å²) in [5.41, 5.74) is 11.9. The van der Waals surface area contributed by atoms with Crippen molar-refractivity contribution >= 4 is 43.6 Å². The lowest BCUT2D eigenvalue weighted by atomic mass is 10.0. The van der Waals surface area contributed by atoms with E-state index in [4.69, 9.17) is 15.0 Å². The molecule has 56 heavy (non-hydrogen) atoms. The van der Waals surface area contributed by atoms with Gasteiger partial charge in [0.15, 0.2) is 11.6 Å². The van der Waals surface area contributed by atoms with Crippen LogP contribution in [0.15, 0.2) is 200 Å². The van der Waals surface area contributed by atoms with E-state index in [9.17, 15) is 0 Å². The first-order valence-electron chi connectivity index (χ1n) is 18.9. The van der Waals surface area contributed by atoms with Gasteiger partial charge in [-0.3, -0.25) is 4.57 Å². The van der Waals surface area contributed by atoms with Crippen molar-refractivity contribution in [1.82, 2.24) is 24.1 Å². The Hall–Kier alpha value is -7.63. The Morgan fingerprint density at radius 2 is 0.732 bits per heavy atom. The summed E-state index contributed by atoms with van der Waals surface area (Å²) in [6, 6.07) is 70.3. The van der Waals surface area contributed by atoms with Crippen LogP contribution >= 0.6 is 0 Å². The number of aromatic nitrogens is 5. The molecule has 0 saturated carbocycles. The Kier molecular flexibility index (Phi) is 7.42. The highest BCUT2D eigenvalue weighted by atomic mass is 15.2. The molecule has 0 N–H and O–H groups in total. The van der Waals surface area contributed by atoms with Gasteiger partial charge in [-0.1, -0.05) is 152 Å². The zero-order chi connectivity index (χ0) is 37.0. The molecule has 5 nitrogen and oxygen atoms in total. The number of rotatable bonds is 6. The lowest BCUT2D eigenvalue weighted by Crippen LogP contribution is -2.07. The summed E-state index contributed by atoms with van der Waals surface area (Å²) in [7, 11) is 0. The number of hydrogen-bond donors (Lipinski definition) is 0. The lowest BCUT2D eigenvalue weighted by Gasteiger charge is -2.15. The van der Waals surface area contributed by atoms with Crippen molar-refractivity contribution in [2.75, 3.05) is 0 Å². The van der Waals surface area contributed by atoms with Crippen molar-refractivity contribution in [2.45, 2.75) is 0 Å². The molecular formula is C51H33N5. The molecule has 262 valence electrons. The Bertz CT molecular complexity index is 3240. The van der Waals surface area contributed by atoms with Gasteiger partial charge in [0, 0.05) is 32.7 Å². The first-order valence-corrected chi connectivity index (χ1v) is 18.9. The average Bonchev–Trinajstić information content (AvgIpc) is 3.79. The molecule has 0 aliphatic heterocycles. The molecular weight excluding hydrogens is 683 g/mol. The summed E-state index contributed by atoms with van der Waals surface area (Å²) < 4.78 is 4.54. The predicted molar refractivity (Wildman–Crippen MR) is 230 cm³/mol. The number of benzene rings is 8. The minimum Gasteiger partial charge on any atom is -0.309 e. The SMILES string of the molecule is c1ccc(-c2ccc3c(c2)c2ccccc2n3-c2nc(-c3ccccc3)nc(-c3ccccc3-n3c4ccccc4c4cc(-c5ccccc5)ccc43)n2)cc1. The number of hydrogen-bond acceptors (Lipinski definition) is 3. The molecule has 0 saturated heterocycles. The van der Waals surface area contributed by atoms with Crippen molar-refractivity contribution in [3.05, 3.63) is 200 Å². The van der Waals surface area contributed by atoms with Crippen LogP contribution in [-0.4, -0.2) is 24.1 Å². The average molecular weight is 716 g/mol. The highest BCUT2D eigenvalue weighted by Gasteiger charge is 2.21. The lowest BCUT2D eigenvalue weighted by molar-refractivity contribution is 0.951. The fourth-order valence-corrected chi connectivity index (χ4v) is 8.20. The Balaban J connectivity index is 1.16. The van der Waals surface area contributed by atoms with Gasteiger partial charge in [0.1, 0.15) is 0 Å². The van der Waals surface area contributed by atoms with Crippen LogP contribution in [0, 0.1) is 0 Å². The van der Waals surface area contributed by atoms with E-state index in [0.717, 1.165) is 49.7 Å². The van der Waals surface area contributed by atoms with Gasteiger partial charge in [-0.2, -0.15) is 9.97 Å². The second kappa shape index (κ2) is 13.0. The Morgan fingerprint density at radius 3 is 1.34 bits per heavy atom. The van der Waals surface area contributed by atoms with Crippen LogP contribution in [0.3, 0.4) is 0 Å². The zero-order valence-corrected chi connectivity index (χ0v) is 30.3. The molecule has 11 rings (SSSR count). The fraction of sp³-hybridized carbons (Fsp3) is 0. The van der Waals surface area contributed by atoms with Gasteiger partial charge < -0.3 is 4.57 Å². The molecule has 0 fully saturated rings. The third kappa shape index (κ3) is 5.21. The third-order valence-electron chi connectivity index (χ3n) is 10.8. The second-order valence-electron chi connectivity index (χ2n) is 14.1. The number of nitrogens with zero attached hydrogens (tertiary/aromatic N) is 5. The fourth-order valence-electron chi connectivity index (χ4n) is 8.20. The summed E-state index contributed by atoms with van der Waals surface area (Å²) in [6.07, 6.45) is 0. The van der Waals surface area contributed by atoms with Crippen molar-refractivity contribution in [3.8, 4) is 56.7 Å². The third-order valence-corrected chi connectivity index (χ3v) is 10.8. The van der Waals surface area contributed by atoms with E-state index in [2.05, 4.69) is 191 Å². The van der Waals surface area contributed by atoms with Gasteiger partial charge in [0.05, 0.1) is 27.8 Å². The molecule has 0 aliphatic carbocycles. The van der Waals surface area contributed by atoms with Crippen LogP contribution in [0.25, 0.3) is 100 Å². The Morgan fingerprint density at radius 1 is 0.286 bits per heavy atom. The van der Waals surface area contributed by atoms with Gasteiger partial charge >= 0.3 is 0 Å². The Labute approximate surface area is 323 Å². The first kappa shape index (κ1) is 31.9. The van der Waals surface area contributed by atoms with E-state index < -0.39 is 0 Å². The first-order chi connectivity index (χ1) is 27.8. The molecule has 0 atom stereocenters. The summed E-state index contributed by atoms with van der Waals surface area (Å²) in [5.74, 6) is 1.78. The van der Waals surface area contributed by atoms with E-state index in [-0.39, 0.29) is 0 Å². The smallest absolute Gasteiger partial charge is 0.238 e. The topological polar surface area (TPSA) is 48.5 Å². The highest BCUT2D eigenvalue weighted by Crippen LogP contribution is 2.39. The second-order valence-corrected chi connectivity index (χ2v) is 14.1. The molecule has 0 aliphatic rings.